The molecule has 0 aliphatic heterocycles. The predicted molar refractivity (Wildman–Crippen MR) is 100.0 cm³/mol. The van der Waals surface area contributed by atoms with Gasteiger partial charge in [0.15, 0.2) is 0 Å². The second kappa shape index (κ2) is 6.50. The van der Waals surface area contributed by atoms with Crippen LogP contribution in [0.1, 0.15) is 12.6 Å². The van der Waals surface area contributed by atoms with Crippen molar-refractivity contribution in [3.05, 3.63) is 70.8 Å². The molecule has 0 amide bonds. The highest BCUT2D eigenvalue weighted by Gasteiger charge is 2.24. The van der Waals surface area contributed by atoms with Crippen LogP contribution in [0.3, 0.4) is 0 Å². The van der Waals surface area contributed by atoms with Crippen molar-refractivity contribution in [3.8, 4) is 0 Å². The lowest BCUT2D eigenvalue weighted by molar-refractivity contribution is -0.131. The molecular weight excluding hydrogens is 406 g/mol. The average Bonchev–Trinajstić information content (AvgIpc) is 2.97. The Morgan fingerprint density at radius 2 is 1.80 bits per heavy atom. The third kappa shape index (κ3) is 3.12. The second-order valence-electron chi connectivity index (χ2n) is 5.45. The molecule has 5 nitrogen and oxygen atoms in total. The summed E-state index contributed by atoms with van der Waals surface area (Å²) < 4.78 is 28.3. The molecule has 0 fully saturated rings. The van der Waals surface area contributed by atoms with E-state index in [2.05, 4.69) is 15.9 Å². The third-order valence-corrected chi connectivity index (χ3v) is 6.21. The van der Waals surface area contributed by atoms with Gasteiger partial charge in [-0.2, -0.15) is 0 Å². The summed E-state index contributed by atoms with van der Waals surface area (Å²) in [5.74, 6) is -1.13. The molecule has 3 aromatic rings. The summed E-state index contributed by atoms with van der Waals surface area (Å²) in [4.78, 5) is 11.2. The summed E-state index contributed by atoms with van der Waals surface area (Å²) >= 11 is 3.42. The number of fused-ring (bicyclic) bond motifs is 1. The molecule has 25 heavy (non-hydrogen) atoms. The van der Waals surface area contributed by atoms with Gasteiger partial charge in [0, 0.05) is 15.9 Å². The molecule has 7 heteroatoms. The van der Waals surface area contributed by atoms with Crippen LogP contribution in [0.15, 0.2) is 70.0 Å². The summed E-state index contributed by atoms with van der Waals surface area (Å²) in [6.45, 7) is 1.58. The number of aliphatic carboxylic acids is 1. The van der Waals surface area contributed by atoms with Gasteiger partial charge >= 0.3 is 5.97 Å². The maximum absolute atomic E-state index is 13.2. The van der Waals surface area contributed by atoms with Crippen molar-refractivity contribution in [3.63, 3.8) is 0 Å². The van der Waals surface area contributed by atoms with Crippen molar-refractivity contribution in [2.24, 2.45) is 0 Å². The van der Waals surface area contributed by atoms with Gasteiger partial charge < -0.3 is 5.11 Å². The molecule has 0 unspecified atom stereocenters. The van der Waals surface area contributed by atoms with Gasteiger partial charge in [0.05, 0.1) is 16.1 Å². The van der Waals surface area contributed by atoms with E-state index in [-0.39, 0.29) is 4.90 Å². The van der Waals surface area contributed by atoms with Gasteiger partial charge in [0.1, 0.15) is 0 Å². The van der Waals surface area contributed by atoms with Gasteiger partial charge in [-0.1, -0.05) is 40.2 Å². The number of nitrogens with zero attached hydrogens (tertiary/aromatic N) is 1. The molecule has 0 spiro atoms. The lowest BCUT2D eigenvalue weighted by Gasteiger charge is -2.12. The number of carboxylic acid groups (broad SMARTS) is 1. The lowest BCUT2D eigenvalue weighted by Crippen LogP contribution is -2.15. The molecule has 0 saturated carbocycles. The van der Waals surface area contributed by atoms with E-state index in [0.29, 0.717) is 22.2 Å². The summed E-state index contributed by atoms with van der Waals surface area (Å²) in [5, 5.41) is 9.73. The molecule has 0 radical (unpaired) electrons. The Bertz CT molecular complexity index is 1100. The number of rotatable bonds is 4. The Labute approximate surface area is 153 Å². The lowest BCUT2D eigenvalue weighted by atomic mass is 10.2. The summed E-state index contributed by atoms with van der Waals surface area (Å²) in [5.41, 5.74) is 1.13. The minimum Gasteiger partial charge on any atom is -0.478 e. The molecule has 0 atom stereocenters. The van der Waals surface area contributed by atoms with Gasteiger partial charge in [-0.05, 0) is 42.8 Å². The van der Waals surface area contributed by atoms with E-state index >= 15 is 0 Å². The first-order valence-corrected chi connectivity index (χ1v) is 9.58. The first-order chi connectivity index (χ1) is 11.8. The fourth-order valence-corrected chi connectivity index (χ4v) is 4.72. The summed E-state index contributed by atoms with van der Waals surface area (Å²) in [7, 11) is -3.89. The fourth-order valence-electron chi connectivity index (χ4n) is 2.66. The SMILES string of the molecule is C/C(=C/C(=O)O)c1cc2c(Br)cccc2n1S(=O)(=O)c1ccccc1. The highest BCUT2D eigenvalue weighted by Crippen LogP contribution is 2.33. The number of carbonyl (C=O) groups is 1. The van der Waals surface area contributed by atoms with Crippen LogP contribution in [0, 0.1) is 0 Å². The van der Waals surface area contributed by atoms with E-state index in [1.807, 2.05) is 6.07 Å². The highest BCUT2D eigenvalue weighted by atomic mass is 79.9. The van der Waals surface area contributed by atoms with Gasteiger partial charge in [-0.25, -0.2) is 17.2 Å². The molecule has 0 aliphatic rings. The zero-order chi connectivity index (χ0) is 18.2. The van der Waals surface area contributed by atoms with Crippen molar-refractivity contribution < 1.29 is 18.3 Å². The van der Waals surface area contributed by atoms with Gasteiger partial charge in [0.2, 0.25) is 0 Å². The first-order valence-electron chi connectivity index (χ1n) is 7.34. The van der Waals surface area contributed by atoms with E-state index in [4.69, 9.17) is 5.11 Å². The van der Waals surface area contributed by atoms with Crippen LogP contribution in [0.25, 0.3) is 16.5 Å². The van der Waals surface area contributed by atoms with Crippen molar-refractivity contribution in [2.75, 3.05) is 0 Å². The van der Waals surface area contributed by atoms with Crippen LogP contribution < -0.4 is 0 Å². The zero-order valence-electron chi connectivity index (χ0n) is 13.2. The number of allylic oxidation sites excluding steroid dienone is 1. The maximum Gasteiger partial charge on any atom is 0.328 e. The minimum absolute atomic E-state index is 0.136. The Kier molecular flexibility index (Phi) is 4.53. The number of hydrogen-bond acceptors (Lipinski definition) is 3. The Balaban J connectivity index is 2.41. The van der Waals surface area contributed by atoms with E-state index < -0.39 is 16.0 Å². The van der Waals surface area contributed by atoms with Gasteiger partial charge in [-0.15, -0.1) is 0 Å². The second-order valence-corrected chi connectivity index (χ2v) is 8.09. The van der Waals surface area contributed by atoms with Crippen LogP contribution in [0.4, 0.5) is 0 Å². The molecule has 1 N–H and O–H groups in total. The molecule has 0 saturated heterocycles. The normalized spacial score (nSPS) is 12.5. The molecular formula is C18H14BrNO4S. The molecule has 1 aromatic heterocycles. The Morgan fingerprint density at radius 3 is 2.44 bits per heavy atom. The molecule has 3 rings (SSSR count). The highest BCUT2D eigenvalue weighted by molar-refractivity contribution is 9.10. The van der Waals surface area contributed by atoms with E-state index in [1.165, 1.54) is 16.1 Å². The number of hydrogen-bond donors (Lipinski definition) is 1. The van der Waals surface area contributed by atoms with Crippen LogP contribution in [-0.4, -0.2) is 23.5 Å². The third-order valence-electron chi connectivity index (χ3n) is 3.77. The van der Waals surface area contributed by atoms with Crippen molar-refractivity contribution >= 4 is 48.4 Å². The monoisotopic (exact) mass is 419 g/mol. The molecule has 0 bridgehead atoms. The fraction of sp³-hybridized carbons (Fsp3) is 0.0556. The van der Waals surface area contributed by atoms with Crippen molar-refractivity contribution in [2.45, 2.75) is 11.8 Å². The number of halogens is 1. The van der Waals surface area contributed by atoms with Crippen LogP contribution >= 0.6 is 15.9 Å². The number of aromatic nitrogens is 1. The Morgan fingerprint density at radius 1 is 1.12 bits per heavy atom. The van der Waals surface area contributed by atoms with Gasteiger partial charge in [-0.3, -0.25) is 0 Å². The van der Waals surface area contributed by atoms with Crippen LogP contribution in [0.5, 0.6) is 0 Å². The Hall–Kier alpha value is -2.38. The largest absolute Gasteiger partial charge is 0.478 e. The average molecular weight is 420 g/mol. The van der Waals surface area contributed by atoms with E-state index in [1.54, 1.807) is 43.3 Å². The van der Waals surface area contributed by atoms with E-state index in [0.717, 1.165) is 10.5 Å². The first kappa shape index (κ1) is 17.4. The van der Waals surface area contributed by atoms with Gasteiger partial charge in [0.25, 0.3) is 10.0 Å². The summed E-state index contributed by atoms with van der Waals surface area (Å²) in [6, 6.07) is 15.0. The zero-order valence-corrected chi connectivity index (χ0v) is 15.6. The smallest absolute Gasteiger partial charge is 0.328 e. The quantitative estimate of drug-likeness (QED) is 0.644. The van der Waals surface area contributed by atoms with Crippen LogP contribution in [-0.2, 0) is 14.8 Å². The van der Waals surface area contributed by atoms with Crippen molar-refractivity contribution in [1.29, 1.82) is 0 Å². The maximum atomic E-state index is 13.2. The van der Waals surface area contributed by atoms with E-state index in [9.17, 15) is 13.2 Å². The predicted octanol–water partition coefficient (Wildman–Crippen LogP) is 4.13. The minimum atomic E-state index is -3.89. The molecule has 128 valence electrons. The van der Waals surface area contributed by atoms with Crippen LogP contribution in [0.2, 0.25) is 0 Å². The molecule has 1 heterocycles. The standard InChI is InChI=1S/C18H14BrNO4S/c1-12(10-18(21)22)17-11-14-15(19)8-5-9-16(14)20(17)25(23,24)13-6-3-2-4-7-13/h2-11H,1H3,(H,21,22)/b12-10-. The van der Waals surface area contributed by atoms with Crippen molar-refractivity contribution in [1.82, 2.24) is 3.97 Å². The number of carboxylic acids is 1. The summed E-state index contributed by atoms with van der Waals surface area (Å²) in [6.07, 6.45) is 0.999. The topological polar surface area (TPSA) is 76.4 Å². The molecule has 0 aliphatic carbocycles. The molecule has 2 aromatic carbocycles. The number of benzene rings is 2.